The Morgan fingerprint density at radius 1 is 1.58 bits per heavy atom. The van der Waals surface area contributed by atoms with Gasteiger partial charge in [-0.2, -0.15) is 0 Å². The van der Waals surface area contributed by atoms with Crippen LogP contribution in [0.3, 0.4) is 0 Å². The van der Waals surface area contributed by atoms with Crippen molar-refractivity contribution in [1.29, 1.82) is 0 Å². The SMILES string of the molecule is CCCC[PH2+]Cc1csc(C)n1. The predicted molar refractivity (Wildman–Crippen MR) is 60.0 cm³/mol. The Labute approximate surface area is 80.4 Å². The predicted octanol–water partition coefficient (Wildman–Crippen LogP) is 3.16. The van der Waals surface area contributed by atoms with Crippen molar-refractivity contribution >= 4 is 19.9 Å². The maximum atomic E-state index is 4.45. The van der Waals surface area contributed by atoms with Crippen molar-refractivity contribution in [3.63, 3.8) is 0 Å². The molecule has 68 valence electrons. The lowest BCUT2D eigenvalue weighted by Crippen LogP contribution is -1.81. The molecule has 0 aliphatic rings. The van der Waals surface area contributed by atoms with Crippen LogP contribution >= 0.6 is 19.9 Å². The summed E-state index contributed by atoms with van der Waals surface area (Å²) in [7, 11) is 0.617. The van der Waals surface area contributed by atoms with Crippen molar-refractivity contribution < 1.29 is 0 Å². The van der Waals surface area contributed by atoms with Crippen molar-refractivity contribution in [3.8, 4) is 0 Å². The molecule has 12 heavy (non-hydrogen) atoms. The van der Waals surface area contributed by atoms with Crippen molar-refractivity contribution in [3.05, 3.63) is 16.1 Å². The maximum Gasteiger partial charge on any atom is 0.0975 e. The smallest absolute Gasteiger partial charge is 0.0975 e. The molecule has 0 saturated heterocycles. The summed E-state index contributed by atoms with van der Waals surface area (Å²) in [6.07, 6.45) is 5.43. The number of hydrogen-bond donors (Lipinski definition) is 0. The number of unbranched alkanes of at least 4 members (excludes halogenated alkanes) is 1. The van der Waals surface area contributed by atoms with E-state index < -0.39 is 0 Å². The molecule has 0 bridgehead atoms. The topological polar surface area (TPSA) is 12.9 Å². The first kappa shape index (κ1) is 10.1. The second-order valence-corrected chi connectivity index (χ2v) is 5.62. The van der Waals surface area contributed by atoms with Crippen LogP contribution in [0.5, 0.6) is 0 Å². The van der Waals surface area contributed by atoms with E-state index in [0.29, 0.717) is 8.58 Å². The van der Waals surface area contributed by atoms with Crippen molar-refractivity contribution in [1.82, 2.24) is 4.98 Å². The van der Waals surface area contributed by atoms with E-state index in [2.05, 4.69) is 24.2 Å². The first-order chi connectivity index (χ1) is 5.83. The minimum absolute atomic E-state index is 0.617. The molecule has 1 nitrogen and oxygen atoms in total. The van der Waals surface area contributed by atoms with Crippen molar-refractivity contribution in [2.45, 2.75) is 32.9 Å². The lowest BCUT2D eigenvalue weighted by molar-refractivity contribution is 0.892. The highest BCUT2D eigenvalue weighted by atomic mass is 32.1. The minimum Gasteiger partial charge on any atom is -0.243 e. The lowest BCUT2D eigenvalue weighted by atomic mass is 10.4. The van der Waals surface area contributed by atoms with Crippen molar-refractivity contribution in [2.75, 3.05) is 6.16 Å². The molecular weight excluding hydrogens is 185 g/mol. The third-order valence-corrected chi connectivity index (χ3v) is 4.13. The van der Waals surface area contributed by atoms with Gasteiger partial charge in [-0.1, -0.05) is 13.3 Å². The van der Waals surface area contributed by atoms with E-state index in [9.17, 15) is 0 Å². The largest absolute Gasteiger partial charge is 0.243 e. The molecule has 1 unspecified atom stereocenters. The Morgan fingerprint density at radius 3 is 3.00 bits per heavy atom. The van der Waals surface area contributed by atoms with Crippen LogP contribution in [0.4, 0.5) is 0 Å². The molecule has 0 radical (unpaired) electrons. The molecule has 1 aromatic rings. The minimum atomic E-state index is 0.617. The van der Waals surface area contributed by atoms with Crippen LogP contribution in [0.15, 0.2) is 5.38 Å². The van der Waals surface area contributed by atoms with Crippen molar-refractivity contribution in [2.24, 2.45) is 0 Å². The molecule has 1 aromatic heterocycles. The Morgan fingerprint density at radius 2 is 2.42 bits per heavy atom. The van der Waals surface area contributed by atoms with Gasteiger partial charge >= 0.3 is 0 Å². The Bertz CT molecular complexity index is 222. The van der Waals surface area contributed by atoms with Crippen LogP contribution in [-0.4, -0.2) is 11.1 Å². The van der Waals surface area contributed by atoms with E-state index in [4.69, 9.17) is 0 Å². The highest BCUT2D eigenvalue weighted by molar-refractivity contribution is 7.37. The number of aryl methyl sites for hydroxylation is 1. The van der Waals surface area contributed by atoms with Gasteiger partial charge in [-0.15, -0.1) is 11.3 Å². The van der Waals surface area contributed by atoms with Crippen LogP contribution in [0.2, 0.25) is 0 Å². The molecule has 3 heteroatoms. The lowest BCUT2D eigenvalue weighted by Gasteiger charge is -1.90. The molecule has 1 atom stereocenters. The molecule has 0 spiro atoms. The summed E-state index contributed by atoms with van der Waals surface area (Å²) in [6, 6.07) is 0. The highest BCUT2D eigenvalue weighted by Crippen LogP contribution is 2.20. The third kappa shape index (κ3) is 3.64. The van der Waals surface area contributed by atoms with E-state index in [0.717, 1.165) is 0 Å². The second kappa shape index (κ2) is 5.66. The van der Waals surface area contributed by atoms with Crippen LogP contribution < -0.4 is 0 Å². The average Bonchev–Trinajstić information content (AvgIpc) is 2.45. The number of aromatic nitrogens is 1. The molecule has 0 aliphatic heterocycles. The van der Waals surface area contributed by atoms with Gasteiger partial charge in [-0.3, -0.25) is 0 Å². The molecule has 0 aromatic carbocycles. The monoisotopic (exact) mass is 202 g/mol. The summed E-state index contributed by atoms with van der Waals surface area (Å²) in [5.74, 6) is 0. The molecule has 0 saturated carbocycles. The first-order valence-corrected chi connectivity index (χ1v) is 7.07. The van der Waals surface area contributed by atoms with Crippen LogP contribution in [-0.2, 0) is 6.16 Å². The Hall–Kier alpha value is 0.0600. The summed E-state index contributed by atoms with van der Waals surface area (Å²) in [5, 5.41) is 3.41. The van der Waals surface area contributed by atoms with E-state index in [1.807, 2.05) is 0 Å². The van der Waals surface area contributed by atoms with Gasteiger partial charge in [0.15, 0.2) is 0 Å². The fourth-order valence-electron chi connectivity index (χ4n) is 1.10. The standard InChI is InChI=1S/C9H16NPS/c1-3-4-5-11-6-9-7-12-8(2)10-9/h7,11H,3-6H2,1-2H3/p+1. The zero-order valence-corrected chi connectivity index (χ0v) is 9.81. The fourth-order valence-corrected chi connectivity index (χ4v) is 3.30. The summed E-state index contributed by atoms with van der Waals surface area (Å²) in [5.41, 5.74) is 1.32. The molecule has 0 fully saturated rings. The quantitative estimate of drug-likeness (QED) is 0.528. The van der Waals surface area contributed by atoms with Crippen LogP contribution in [0.1, 0.15) is 30.5 Å². The van der Waals surface area contributed by atoms with Gasteiger partial charge in [0.1, 0.15) is 0 Å². The van der Waals surface area contributed by atoms with Gasteiger partial charge in [0.05, 0.1) is 23.0 Å². The Kier molecular flexibility index (Phi) is 4.79. The van der Waals surface area contributed by atoms with E-state index in [1.165, 1.54) is 35.9 Å². The molecule has 0 aliphatic carbocycles. The van der Waals surface area contributed by atoms with E-state index >= 15 is 0 Å². The number of thiazole rings is 1. The number of hydrogen-bond acceptors (Lipinski definition) is 2. The normalized spacial score (nSPS) is 11.5. The molecule has 0 amide bonds. The summed E-state index contributed by atoms with van der Waals surface area (Å²) < 4.78 is 0. The molecule has 1 heterocycles. The zero-order valence-electron chi connectivity index (χ0n) is 7.84. The molecule has 0 N–H and O–H groups in total. The summed E-state index contributed by atoms with van der Waals surface area (Å²) >= 11 is 1.77. The van der Waals surface area contributed by atoms with Gasteiger partial charge in [0.2, 0.25) is 0 Å². The second-order valence-electron chi connectivity index (χ2n) is 2.99. The number of nitrogens with zero attached hydrogens (tertiary/aromatic N) is 1. The van der Waals surface area contributed by atoms with E-state index in [1.54, 1.807) is 11.3 Å². The third-order valence-electron chi connectivity index (χ3n) is 1.78. The van der Waals surface area contributed by atoms with Crippen LogP contribution in [0, 0.1) is 6.92 Å². The number of rotatable bonds is 5. The molecular formula is C9H17NPS+. The van der Waals surface area contributed by atoms with Gasteiger partial charge < -0.3 is 0 Å². The first-order valence-electron chi connectivity index (χ1n) is 4.55. The molecule has 1 rings (SSSR count). The van der Waals surface area contributed by atoms with Gasteiger partial charge in [0, 0.05) is 5.38 Å². The average molecular weight is 202 g/mol. The van der Waals surface area contributed by atoms with Crippen LogP contribution in [0.25, 0.3) is 0 Å². The van der Waals surface area contributed by atoms with E-state index in [-0.39, 0.29) is 0 Å². The van der Waals surface area contributed by atoms with Gasteiger partial charge in [-0.25, -0.2) is 4.98 Å². The van der Waals surface area contributed by atoms with Gasteiger partial charge in [0.25, 0.3) is 0 Å². The fraction of sp³-hybridized carbons (Fsp3) is 0.667. The van der Waals surface area contributed by atoms with Gasteiger partial charge in [-0.05, 0) is 21.9 Å². The Balaban J connectivity index is 2.15. The zero-order chi connectivity index (χ0) is 8.81. The summed E-state index contributed by atoms with van der Waals surface area (Å²) in [6.45, 7) is 4.34. The maximum absolute atomic E-state index is 4.45. The summed E-state index contributed by atoms with van der Waals surface area (Å²) in [4.78, 5) is 4.45. The highest BCUT2D eigenvalue weighted by Gasteiger charge is 2.01.